The second kappa shape index (κ2) is 16.2. The second-order valence-electron chi connectivity index (χ2n) is 6.54. The fraction of sp³-hybridized carbons (Fsp3) is 0.650. The first kappa shape index (κ1) is 25.0. The molecular weight excluding hydrogens is 439 g/mol. The van der Waals surface area contributed by atoms with Crippen molar-refractivity contribution in [3.63, 3.8) is 0 Å². The van der Waals surface area contributed by atoms with Crippen molar-refractivity contribution in [3.8, 4) is 5.75 Å². The number of hydrogen-bond acceptors (Lipinski definition) is 3. The number of benzene rings is 1. The molecule has 1 aromatic rings. The molecule has 0 heterocycles. The minimum atomic E-state index is 0. The van der Waals surface area contributed by atoms with Crippen LogP contribution >= 0.6 is 24.0 Å². The van der Waals surface area contributed by atoms with Crippen LogP contribution in [0.3, 0.4) is 0 Å². The Kier molecular flexibility index (Phi) is 15.5. The number of unbranched alkanes of at least 4 members (excludes halogenated alkanes) is 4. The number of methoxy groups -OCH3 is 1. The molecule has 0 unspecified atom stereocenters. The van der Waals surface area contributed by atoms with Gasteiger partial charge in [-0.3, -0.25) is 0 Å². The average Bonchev–Trinajstić information content (AvgIpc) is 2.61. The maximum Gasteiger partial charge on any atom is 0.191 e. The van der Waals surface area contributed by atoms with Crippen LogP contribution in [0.15, 0.2) is 29.3 Å². The molecule has 1 aromatic carbocycles. The second-order valence-corrected chi connectivity index (χ2v) is 6.54. The molecule has 5 nitrogen and oxygen atoms in total. The summed E-state index contributed by atoms with van der Waals surface area (Å²) < 4.78 is 5.26. The normalized spacial score (nSPS) is 11.2. The highest BCUT2D eigenvalue weighted by atomic mass is 127. The van der Waals surface area contributed by atoms with Crippen molar-refractivity contribution >= 4 is 29.9 Å². The third kappa shape index (κ3) is 12.4. The number of guanidine groups is 1. The van der Waals surface area contributed by atoms with Gasteiger partial charge in [0.05, 0.1) is 13.7 Å². The van der Waals surface area contributed by atoms with Gasteiger partial charge < -0.3 is 20.3 Å². The molecule has 0 aliphatic rings. The number of nitrogens with one attached hydrogen (secondary N) is 2. The molecule has 2 N–H and O–H groups in total. The maximum absolute atomic E-state index is 5.26. The van der Waals surface area contributed by atoms with E-state index >= 15 is 0 Å². The monoisotopic (exact) mass is 476 g/mol. The summed E-state index contributed by atoms with van der Waals surface area (Å²) in [7, 11) is 5.96. The minimum absolute atomic E-state index is 0. The van der Waals surface area contributed by atoms with Gasteiger partial charge in [0.2, 0.25) is 0 Å². The molecule has 0 radical (unpaired) electrons. The molecule has 0 atom stereocenters. The van der Waals surface area contributed by atoms with E-state index in [9.17, 15) is 0 Å². The Morgan fingerprint density at radius 2 is 1.81 bits per heavy atom. The van der Waals surface area contributed by atoms with Crippen LogP contribution in [0.4, 0.5) is 0 Å². The Balaban J connectivity index is 0.00000625. The van der Waals surface area contributed by atoms with Gasteiger partial charge >= 0.3 is 0 Å². The third-order valence-corrected chi connectivity index (χ3v) is 3.97. The van der Waals surface area contributed by atoms with E-state index in [1.54, 1.807) is 7.11 Å². The fourth-order valence-corrected chi connectivity index (χ4v) is 2.57. The lowest BCUT2D eigenvalue weighted by Crippen LogP contribution is -2.37. The van der Waals surface area contributed by atoms with E-state index in [2.05, 4.69) is 47.6 Å². The summed E-state index contributed by atoms with van der Waals surface area (Å²) in [6.07, 6.45) is 6.39. The largest absolute Gasteiger partial charge is 0.497 e. The Hall–Kier alpha value is -1.02. The van der Waals surface area contributed by atoms with Gasteiger partial charge in [0, 0.05) is 13.1 Å². The van der Waals surface area contributed by atoms with Gasteiger partial charge in [-0.1, -0.05) is 31.4 Å². The van der Waals surface area contributed by atoms with Gasteiger partial charge in [0.25, 0.3) is 0 Å². The van der Waals surface area contributed by atoms with Crippen LogP contribution in [0.1, 0.15) is 44.6 Å². The highest BCUT2D eigenvalue weighted by molar-refractivity contribution is 14.0. The molecule has 0 spiro atoms. The standard InChI is InChI=1S/C20H36N4O.HI/c1-5-21-20(22-14-9-7-6-8-10-15-24(2)3)23-17-18-12-11-13-19(16-18)25-4;/h11-13,16H,5-10,14-15,17H2,1-4H3,(H2,21,22,23);1H. The number of ether oxygens (including phenoxy) is 1. The van der Waals surface area contributed by atoms with E-state index in [-0.39, 0.29) is 24.0 Å². The lowest BCUT2D eigenvalue weighted by atomic mass is 10.1. The molecule has 0 saturated carbocycles. The molecule has 6 heteroatoms. The highest BCUT2D eigenvalue weighted by Crippen LogP contribution is 2.13. The molecule has 0 amide bonds. The van der Waals surface area contributed by atoms with E-state index in [4.69, 9.17) is 4.74 Å². The van der Waals surface area contributed by atoms with Gasteiger partial charge in [-0.2, -0.15) is 0 Å². The van der Waals surface area contributed by atoms with Gasteiger partial charge in [0.15, 0.2) is 5.96 Å². The third-order valence-electron chi connectivity index (χ3n) is 3.97. The number of aliphatic imine (C=N–C) groups is 1. The number of rotatable bonds is 12. The van der Waals surface area contributed by atoms with Gasteiger partial charge in [-0.25, -0.2) is 4.99 Å². The van der Waals surface area contributed by atoms with E-state index in [0.29, 0.717) is 6.54 Å². The van der Waals surface area contributed by atoms with Gasteiger partial charge in [-0.05, 0) is 58.1 Å². The molecule has 0 aliphatic heterocycles. The molecule has 0 aromatic heterocycles. The number of nitrogens with zero attached hydrogens (tertiary/aromatic N) is 2. The van der Waals surface area contributed by atoms with Crippen molar-refractivity contribution in [1.82, 2.24) is 15.5 Å². The van der Waals surface area contributed by atoms with Crippen LogP contribution in [-0.4, -0.2) is 51.7 Å². The van der Waals surface area contributed by atoms with Crippen molar-refractivity contribution < 1.29 is 4.74 Å². The summed E-state index contributed by atoms with van der Waals surface area (Å²) in [5.74, 6) is 1.76. The summed E-state index contributed by atoms with van der Waals surface area (Å²) in [5, 5.41) is 6.74. The van der Waals surface area contributed by atoms with Gasteiger partial charge in [0.1, 0.15) is 5.75 Å². The fourth-order valence-electron chi connectivity index (χ4n) is 2.57. The van der Waals surface area contributed by atoms with Crippen molar-refractivity contribution in [2.24, 2.45) is 4.99 Å². The zero-order valence-electron chi connectivity index (χ0n) is 16.9. The lowest BCUT2D eigenvalue weighted by molar-refractivity contribution is 0.389. The van der Waals surface area contributed by atoms with Crippen LogP contribution < -0.4 is 15.4 Å². The van der Waals surface area contributed by atoms with Crippen molar-refractivity contribution in [3.05, 3.63) is 29.8 Å². The lowest BCUT2D eigenvalue weighted by Gasteiger charge is -2.12. The summed E-state index contributed by atoms with van der Waals surface area (Å²) in [6, 6.07) is 8.06. The van der Waals surface area contributed by atoms with Crippen LogP contribution in [0.25, 0.3) is 0 Å². The first-order valence-corrected chi connectivity index (χ1v) is 9.45. The Labute approximate surface area is 177 Å². The van der Waals surface area contributed by atoms with Crippen molar-refractivity contribution in [1.29, 1.82) is 0 Å². The summed E-state index contributed by atoms with van der Waals surface area (Å²) in [6.45, 7) is 5.77. The van der Waals surface area contributed by atoms with Crippen LogP contribution in [-0.2, 0) is 6.54 Å². The highest BCUT2D eigenvalue weighted by Gasteiger charge is 1.99. The molecule has 1 rings (SSSR count). The smallest absolute Gasteiger partial charge is 0.191 e. The van der Waals surface area contributed by atoms with E-state index < -0.39 is 0 Å². The maximum atomic E-state index is 5.26. The van der Waals surface area contributed by atoms with Crippen molar-refractivity contribution in [2.45, 2.75) is 45.6 Å². The molecule has 26 heavy (non-hydrogen) atoms. The zero-order chi connectivity index (χ0) is 18.3. The molecule has 0 saturated heterocycles. The van der Waals surface area contributed by atoms with E-state index in [1.165, 1.54) is 38.6 Å². The van der Waals surface area contributed by atoms with E-state index in [0.717, 1.165) is 30.4 Å². The average molecular weight is 476 g/mol. The number of hydrogen-bond donors (Lipinski definition) is 2. The van der Waals surface area contributed by atoms with E-state index in [1.807, 2.05) is 18.2 Å². The summed E-state index contributed by atoms with van der Waals surface area (Å²) in [5.41, 5.74) is 1.15. The predicted octanol–water partition coefficient (Wildman–Crippen LogP) is 3.88. The first-order valence-electron chi connectivity index (χ1n) is 9.45. The van der Waals surface area contributed by atoms with Gasteiger partial charge in [-0.15, -0.1) is 24.0 Å². The van der Waals surface area contributed by atoms with Crippen molar-refractivity contribution in [2.75, 3.05) is 40.8 Å². The van der Waals surface area contributed by atoms with Crippen LogP contribution in [0, 0.1) is 0 Å². The Bertz CT molecular complexity index is 494. The quantitative estimate of drug-likeness (QED) is 0.208. The molecule has 0 aliphatic carbocycles. The van der Waals surface area contributed by atoms with Crippen LogP contribution in [0.2, 0.25) is 0 Å². The Morgan fingerprint density at radius 3 is 2.50 bits per heavy atom. The molecular formula is C20H37IN4O. The zero-order valence-corrected chi connectivity index (χ0v) is 19.2. The minimum Gasteiger partial charge on any atom is -0.497 e. The summed E-state index contributed by atoms with van der Waals surface area (Å²) >= 11 is 0. The molecule has 150 valence electrons. The molecule has 0 fully saturated rings. The van der Waals surface area contributed by atoms with Crippen LogP contribution in [0.5, 0.6) is 5.75 Å². The SMILES string of the molecule is CCNC(=NCc1cccc(OC)c1)NCCCCCCCN(C)C.I. The first-order chi connectivity index (χ1) is 12.2. The Morgan fingerprint density at radius 1 is 1.08 bits per heavy atom. The number of halogens is 1. The molecule has 0 bridgehead atoms. The summed E-state index contributed by atoms with van der Waals surface area (Å²) in [4.78, 5) is 6.91. The predicted molar refractivity (Wildman–Crippen MR) is 123 cm³/mol. The topological polar surface area (TPSA) is 48.9 Å².